The highest BCUT2D eigenvalue weighted by Crippen LogP contribution is 2.27. The van der Waals surface area contributed by atoms with E-state index < -0.39 is 0 Å². The molecule has 0 spiro atoms. The maximum atomic E-state index is 12.8. The van der Waals surface area contributed by atoms with Crippen LogP contribution in [0.3, 0.4) is 0 Å². The molecule has 26 heavy (non-hydrogen) atoms. The molecule has 1 amide bonds. The van der Waals surface area contributed by atoms with Crippen molar-refractivity contribution in [2.24, 2.45) is 13.0 Å². The first-order valence-electron chi connectivity index (χ1n) is 8.72. The number of amides is 1. The molecule has 1 saturated heterocycles. The largest absolute Gasteiger partial charge is 0.495 e. The normalized spacial score (nSPS) is 17.0. The predicted octanol–water partition coefficient (Wildman–Crippen LogP) is 1.95. The second-order valence-corrected chi connectivity index (χ2v) is 6.63. The number of carbonyl (C=O) groups excluding carboxylic acids is 1. The first-order valence-corrected chi connectivity index (χ1v) is 8.72. The van der Waals surface area contributed by atoms with Crippen LogP contribution in [0.2, 0.25) is 0 Å². The van der Waals surface area contributed by atoms with E-state index in [9.17, 15) is 9.59 Å². The van der Waals surface area contributed by atoms with E-state index in [0.717, 1.165) is 30.8 Å². The molecule has 0 aliphatic carbocycles. The van der Waals surface area contributed by atoms with Crippen LogP contribution in [0.25, 0.3) is 0 Å². The molecular weight excluding hydrogens is 332 g/mol. The van der Waals surface area contributed by atoms with Gasteiger partial charge in [-0.2, -0.15) is 5.10 Å². The number of methoxy groups -OCH3 is 1. The highest BCUT2D eigenvalue weighted by Gasteiger charge is 2.27. The summed E-state index contributed by atoms with van der Waals surface area (Å²) >= 11 is 0. The molecule has 1 fully saturated rings. The molecule has 0 saturated carbocycles. The molecule has 2 heterocycles. The smallest absolute Gasteiger partial charge is 0.266 e. The van der Waals surface area contributed by atoms with E-state index in [2.05, 4.69) is 15.3 Å². The Balaban J connectivity index is 1.73. The molecule has 1 aromatic carbocycles. The van der Waals surface area contributed by atoms with E-state index in [-0.39, 0.29) is 17.4 Å². The second-order valence-electron chi connectivity index (χ2n) is 6.63. The molecule has 1 aliphatic rings. The molecular formula is C19H24N4O3. The van der Waals surface area contributed by atoms with Crippen molar-refractivity contribution in [3.63, 3.8) is 0 Å². The second kappa shape index (κ2) is 7.59. The molecule has 7 nitrogen and oxygen atoms in total. The maximum absolute atomic E-state index is 12.8. The fourth-order valence-corrected chi connectivity index (χ4v) is 3.21. The first kappa shape index (κ1) is 18.0. The van der Waals surface area contributed by atoms with Crippen LogP contribution in [-0.4, -0.2) is 35.9 Å². The lowest BCUT2D eigenvalue weighted by Gasteiger charge is -2.32. The van der Waals surface area contributed by atoms with Gasteiger partial charge in [-0.05, 0) is 43.5 Å². The molecule has 1 aromatic heterocycles. The van der Waals surface area contributed by atoms with E-state index in [1.165, 1.54) is 10.7 Å². The number of rotatable bonds is 4. The van der Waals surface area contributed by atoms with Gasteiger partial charge in [0.1, 0.15) is 11.6 Å². The molecule has 1 aliphatic heterocycles. The number of hydrogen-bond donors (Lipinski definition) is 1. The van der Waals surface area contributed by atoms with Crippen molar-refractivity contribution in [1.29, 1.82) is 0 Å². The van der Waals surface area contributed by atoms with Gasteiger partial charge in [0.05, 0.1) is 18.7 Å². The summed E-state index contributed by atoms with van der Waals surface area (Å²) in [5, 5.41) is 7.29. The van der Waals surface area contributed by atoms with Crippen molar-refractivity contribution in [3.05, 3.63) is 46.2 Å². The lowest BCUT2D eigenvalue weighted by Crippen LogP contribution is -2.41. The number of nitrogens with one attached hydrogen (secondary N) is 1. The Kier molecular flexibility index (Phi) is 5.25. The Hall–Kier alpha value is -2.83. The highest BCUT2D eigenvalue weighted by molar-refractivity contribution is 5.94. The Morgan fingerprint density at radius 3 is 2.85 bits per heavy atom. The monoisotopic (exact) mass is 356 g/mol. The topological polar surface area (TPSA) is 76.5 Å². The van der Waals surface area contributed by atoms with Crippen LogP contribution >= 0.6 is 0 Å². The van der Waals surface area contributed by atoms with Crippen molar-refractivity contribution in [2.45, 2.75) is 19.8 Å². The summed E-state index contributed by atoms with van der Waals surface area (Å²) < 4.78 is 6.65. The van der Waals surface area contributed by atoms with Gasteiger partial charge >= 0.3 is 0 Å². The van der Waals surface area contributed by atoms with Gasteiger partial charge in [-0.25, -0.2) is 4.68 Å². The Bertz CT molecular complexity index is 862. The van der Waals surface area contributed by atoms with E-state index in [0.29, 0.717) is 18.0 Å². The SMILES string of the molecule is COc1ccc(C)cc1NC(=O)[C@@H]1CCCN(c2ccc(=O)n(C)n2)C1. The van der Waals surface area contributed by atoms with Gasteiger partial charge < -0.3 is 15.0 Å². The number of anilines is 2. The molecule has 2 aromatic rings. The fraction of sp³-hybridized carbons (Fsp3) is 0.421. The average molecular weight is 356 g/mol. The molecule has 7 heteroatoms. The van der Waals surface area contributed by atoms with Crippen molar-refractivity contribution >= 4 is 17.4 Å². The number of hydrogen-bond acceptors (Lipinski definition) is 5. The summed E-state index contributed by atoms with van der Waals surface area (Å²) in [6.07, 6.45) is 1.72. The Morgan fingerprint density at radius 1 is 1.31 bits per heavy atom. The van der Waals surface area contributed by atoms with Crippen LogP contribution in [-0.2, 0) is 11.8 Å². The summed E-state index contributed by atoms with van der Waals surface area (Å²) in [6, 6.07) is 8.93. The van der Waals surface area contributed by atoms with E-state index in [1.54, 1.807) is 20.2 Å². The van der Waals surface area contributed by atoms with Gasteiger partial charge in [-0.15, -0.1) is 0 Å². The van der Waals surface area contributed by atoms with Gasteiger partial charge in [0.25, 0.3) is 5.56 Å². The van der Waals surface area contributed by atoms with Crippen molar-refractivity contribution in [1.82, 2.24) is 9.78 Å². The minimum absolute atomic E-state index is 0.0246. The number of aromatic nitrogens is 2. The minimum Gasteiger partial charge on any atom is -0.495 e. The van der Waals surface area contributed by atoms with Gasteiger partial charge in [0, 0.05) is 26.2 Å². The third-order valence-electron chi connectivity index (χ3n) is 4.68. The molecule has 0 bridgehead atoms. The summed E-state index contributed by atoms with van der Waals surface area (Å²) in [7, 11) is 3.22. The molecule has 1 atom stereocenters. The molecule has 3 rings (SSSR count). The number of piperidine rings is 1. The first-order chi connectivity index (χ1) is 12.5. The number of carbonyl (C=O) groups is 1. The lowest BCUT2D eigenvalue weighted by molar-refractivity contribution is -0.120. The number of aryl methyl sites for hydroxylation is 2. The zero-order chi connectivity index (χ0) is 18.7. The standard InChI is InChI=1S/C19H24N4O3/c1-13-6-7-16(26-3)15(11-13)20-19(25)14-5-4-10-23(12-14)17-8-9-18(24)22(2)21-17/h6-9,11,14H,4-5,10,12H2,1-3H3,(H,20,25)/t14-/m1/s1. The molecule has 138 valence electrons. The Labute approximate surface area is 152 Å². The van der Waals surface area contributed by atoms with E-state index in [4.69, 9.17) is 4.74 Å². The predicted molar refractivity (Wildman–Crippen MR) is 101 cm³/mol. The van der Waals surface area contributed by atoms with E-state index in [1.807, 2.05) is 25.1 Å². The van der Waals surface area contributed by atoms with Gasteiger partial charge in [-0.1, -0.05) is 6.07 Å². The zero-order valence-electron chi connectivity index (χ0n) is 15.4. The van der Waals surface area contributed by atoms with Crippen LogP contribution in [0.1, 0.15) is 18.4 Å². The Morgan fingerprint density at radius 2 is 2.12 bits per heavy atom. The number of nitrogens with zero attached hydrogens (tertiary/aromatic N) is 3. The van der Waals surface area contributed by atoms with E-state index >= 15 is 0 Å². The third-order valence-corrected chi connectivity index (χ3v) is 4.68. The van der Waals surface area contributed by atoms with Crippen molar-refractivity contribution in [3.8, 4) is 5.75 Å². The van der Waals surface area contributed by atoms with Crippen LogP contribution in [0, 0.1) is 12.8 Å². The minimum atomic E-state index is -0.147. The molecule has 0 unspecified atom stereocenters. The zero-order valence-corrected chi connectivity index (χ0v) is 15.4. The van der Waals surface area contributed by atoms with Crippen molar-refractivity contribution < 1.29 is 9.53 Å². The van der Waals surface area contributed by atoms with Gasteiger partial charge in [0.2, 0.25) is 5.91 Å². The van der Waals surface area contributed by atoms with Crippen LogP contribution in [0.15, 0.2) is 35.1 Å². The summed E-state index contributed by atoms with van der Waals surface area (Å²) in [4.78, 5) is 26.4. The summed E-state index contributed by atoms with van der Waals surface area (Å²) in [5.41, 5.74) is 1.60. The maximum Gasteiger partial charge on any atom is 0.266 e. The quantitative estimate of drug-likeness (QED) is 0.906. The molecule has 0 radical (unpaired) electrons. The number of ether oxygens (including phenoxy) is 1. The van der Waals surface area contributed by atoms with Crippen LogP contribution in [0.5, 0.6) is 5.75 Å². The van der Waals surface area contributed by atoms with Crippen LogP contribution in [0.4, 0.5) is 11.5 Å². The lowest BCUT2D eigenvalue weighted by atomic mass is 9.97. The van der Waals surface area contributed by atoms with Crippen LogP contribution < -0.4 is 20.5 Å². The average Bonchev–Trinajstić information content (AvgIpc) is 2.64. The third kappa shape index (κ3) is 3.87. The highest BCUT2D eigenvalue weighted by atomic mass is 16.5. The summed E-state index contributed by atoms with van der Waals surface area (Å²) in [5.74, 6) is 1.20. The fourth-order valence-electron chi connectivity index (χ4n) is 3.21. The molecule has 1 N–H and O–H groups in total. The number of benzene rings is 1. The van der Waals surface area contributed by atoms with Crippen molar-refractivity contribution in [2.75, 3.05) is 30.4 Å². The van der Waals surface area contributed by atoms with Gasteiger partial charge in [-0.3, -0.25) is 9.59 Å². The summed E-state index contributed by atoms with van der Waals surface area (Å²) in [6.45, 7) is 3.37. The van der Waals surface area contributed by atoms with Gasteiger partial charge in [0.15, 0.2) is 0 Å².